The molecule has 0 spiro atoms. The summed E-state index contributed by atoms with van der Waals surface area (Å²) < 4.78 is 11.2. The molecule has 1 fully saturated rings. The Hall–Kier alpha value is -3.06. The van der Waals surface area contributed by atoms with E-state index >= 15 is 0 Å². The molecule has 1 amide bonds. The summed E-state index contributed by atoms with van der Waals surface area (Å²) in [6.45, 7) is 10.3. The Morgan fingerprint density at radius 3 is 2.38 bits per heavy atom. The minimum absolute atomic E-state index is 0.0111. The zero-order chi connectivity index (χ0) is 24.4. The molecule has 182 valence electrons. The standard InChI is InChI=1S/C27H36N4O3/c1-7-26(32)31-18(3)12-21-13-24(33-5)25(34-6)14-23(21)27(29-31)20-8-10-22(11-9-20)30-16-17(2)28-15-19(30)4/h8-11,13-14,17-19,28H,7,12,15-16H2,1-6H3/t17-,18?,19+/m1/s1. The van der Waals surface area contributed by atoms with Crippen molar-refractivity contribution in [1.29, 1.82) is 0 Å². The van der Waals surface area contributed by atoms with Crippen LogP contribution < -0.4 is 19.7 Å². The van der Waals surface area contributed by atoms with E-state index in [4.69, 9.17) is 14.6 Å². The molecule has 4 rings (SSSR count). The normalized spacial score (nSPS) is 22.5. The largest absolute Gasteiger partial charge is 0.493 e. The van der Waals surface area contributed by atoms with Crippen molar-refractivity contribution in [2.75, 3.05) is 32.2 Å². The molecule has 0 aliphatic carbocycles. The molecule has 0 radical (unpaired) electrons. The summed E-state index contributed by atoms with van der Waals surface area (Å²) in [7, 11) is 3.28. The summed E-state index contributed by atoms with van der Waals surface area (Å²) >= 11 is 0. The summed E-state index contributed by atoms with van der Waals surface area (Å²) in [6, 6.07) is 13.3. The number of nitrogens with zero attached hydrogens (tertiary/aromatic N) is 3. The Kier molecular flexibility index (Phi) is 7.12. The molecule has 2 aliphatic rings. The van der Waals surface area contributed by atoms with Crippen LogP contribution in [-0.2, 0) is 11.2 Å². The highest BCUT2D eigenvalue weighted by atomic mass is 16.5. The number of carbonyl (C=O) groups excluding carboxylic acids is 1. The lowest BCUT2D eigenvalue weighted by atomic mass is 9.93. The first-order chi connectivity index (χ1) is 16.4. The van der Waals surface area contributed by atoms with Gasteiger partial charge in [-0.25, -0.2) is 5.01 Å². The summed E-state index contributed by atoms with van der Waals surface area (Å²) in [5.74, 6) is 1.34. The van der Waals surface area contributed by atoms with E-state index in [1.165, 1.54) is 5.69 Å². The maximum atomic E-state index is 12.8. The van der Waals surface area contributed by atoms with Crippen LogP contribution in [0.15, 0.2) is 41.5 Å². The fourth-order valence-corrected chi connectivity index (χ4v) is 4.84. The molecule has 7 heteroatoms. The van der Waals surface area contributed by atoms with Crippen LogP contribution in [0, 0.1) is 0 Å². The Balaban J connectivity index is 1.79. The van der Waals surface area contributed by atoms with Gasteiger partial charge in [-0.2, -0.15) is 5.10 Å². The van der Waals surface area contributed by atoms with Crippen molar-refractivity contribution in [3.05, 3.63) is 53.1 Å². The molecular weight excluding hydrogens is 428 g/mol. The van der Waals surface area contributed by atoms with Crippen molar-refractivity contribution in [1.82, 2.24) is 10.3 Å². The lowest BCUT2D eigenvalue weighted by Crippen LogP contribution is -2.54. The fourth-order valence-electron chi connectivity index (χ4n) is 4.84. The number of benzene rings is 2. The molecule has 2 aromatic carbocycles. The van der Waals surface area contributed by atoms with E-state index in [1.54, 1.807) is 19.2 Å². The number of hydrogen-bond donors (Lipinski definition) is 1. The highest BCUT2D eigenvalue weighted by Gasteiger charge is 2.28. The van der Waals surface area contributed by atoms with Crippen LogP contribution in [0.25, 0.3) is 0 Å². The molecule has 7 nitrogen and oxygen atoms in total. The van der Waals surface area contributed by atoms with Crippen LogP contribution in [0.1, 0.15) is 50.8 Å². The van der Waals surface area contributed by atoms with Gasteiger partial charge in [0.05, 0.1) is 26.0 Å². The van der Waals surface area contributed by atoms with Crippen molar-refractivity contribution in [3.63, 3.8) is 0 Å². The molecule has 3 atom stereocenters. The quantitative estimate of drug-likeness (QED) is 0.729. The number of anilines is 1. The second-order valence-electron chi connectivity index (χ2n) is 9.32. The Morgan fingerprint density at radius 2 is 1.74 bits per heavy atom. The minimum atomic E-state index is -0.0655. The van der Waals surface area contributed by atoms with E-state index in [1.807, 2.05) is 26.0 Å². The molecule has 2 aliphatic heterocycles. The van der Waals surface area contributed by atoms with Gasteiger partial charge in [-0.15, -0.1) is 0 Å². The maximum absolute atomic E-state index is 12.8. The third-order valence-electron chi connectivity index (χ3n) is 6.80. The van der Waals surface area contributed by atoms with Crippen molar-refractivity contribution >= 4 is 17.3 Å². The van der Waals surface area contributed by atoms with Crippen molar-refractivity contribution < 1.29 is 14.3 Å². The third-order valence-corrected chi connectivity index (χ3v) is 6.80. The Morgan fingerprint density at radius 1 is 1.06 bits per heavy atom. The lowest BCUT2D eigenvalue weighted by Gasteiger charge is -2.39. The van der Waals surface area contributed by atoms with E-state index in [0.29, 0.717) is 36.4 Å². The summed E-state index contributed by atoms with van der Waals surface area (Å²) in [5, 5.41) is 10.1. The average molecular weight is 465 g/mol. The Bertz CT molecular complexity index is 1070. The minimum Gasteiger partial charge on any atom is -0.493 e. The predicted octanol–water partition coefficient (Wildman–Crippen LogP) is 3.83. The number of nitrogens with one attached hydrogen (secondary N) is 1. The van der Waals surface area contributed by atoms with Crippen molar-refractivity contribution in [2.45, 2.75) is 58.7 Å². The summed E-state index contributed by atoms with van der Waals surface area (Å²) in [6.07, 6.45) is 1.09. The van der Waals surface area contributed by atoms with Gasteiger partial charge in [-0.1, -0.05) is 19.1 Å². The van der Waals surface area contributed by atoms with E-state index in [2.05, 4.69) is 48.3 Å². The number of rotatable bonds is 5. The van der Waals surface area contributed by atoms with Gasteiger partial charge in [0.2, 0.25) is 5.91 Å². The number of carbonyl (C=O) groups is 1. The zero-order valence-corrected chi connectivity index (χ0v) is 21.1. The molecule has 0 saturated carbocycles. The molecule has 1 saturated heterocycles. The smallest absolute Gasteiger partial charge is 0.242 e. The Labute approximate surface area is 202 Å². The average Bonchev–Trinajstić information content (AvgIpc) is 2.99. The van der Waals surface area contributed by atoms with E-state index in [0.717, 1.165) is 35.5 Å². The van der Waals surface area contributed by atoms with Gasteiger partial charge >= 0.3 is 0 Å². The third kappa shape index (κ3) is 4.62. The number of ether oxygens (including phenoxy) is 2. The molecule has 2 heterocycles. The number of amides is 1. The van der Waals surface area contributed by atoms with Crippen LogP contribution in [0.4, 0.5) is 5.69 Å². The molecule has 0 bridgehead atoms. The van der Waals surface area contributed by atoms with E-state index in [9.17, 15) is 4.79 Å². The van der Waals surface area contributed by atoms with Gasteiger partial charge in [-0.3, -0.25) is 4.79 Å². The molecule has 1 N–H and O–H groups in total. The van der Waals surface area contributed by atoms with Gasteiger partial charge < -0.3 is 19.7 Å². The van der Waals surface area contributed by atoms with Crippen LogP contribution in [0.2, 0.25) is 0 Å². The van der Waals surface area contributed by atoms with Crippen molar-refractivity contribution in [3.8, 4) is 11.5 Å². The van der Waals surface area contributed by atoms with Crippen molar-refractivity contribution in [2.24, 2.45) is 5.10 Å². The SMILES string of the molecule is CCC(=O)N1N=C(c2ccc(N3C[C@@H](C)NC[C@@H]3C)cc2)c2cc(OC)c(OC)cc2CC1C. The first kappa shape index (κ1) is 24.1. The fraction of sp³-hybridized carbons (Fsp3) is 0.481. The lowest BCUT2D eigenvalue weighted by molar-refractivity contribution is -0.132. The molecule has 0 aromatic heterocycles. The summed E-state index contributed by atoms with van der Waals surface area (Å²) in [5.41, 5.74) is 4.99. The summed E-state index contributed by atoms with van der Waals surface area (Å²) in [4.78, 5) is 15.2. The van der Waals surface area contributed by atoms with Crippen LogP contribution >= 0.6 is 0 Å². The topological polar surface area (TPSA) is 66.4 Å². The highest BCUT2D eigenvalue weighted by Crippen LogP contribution is 2.35. The van der Waals surface area contributed by atoms with E-state index in [-0.39, 0.29) is 11.9 Å². The first-order valence-corrected chi connectivity index (χ1v) is 12.1. The predicted molar refractivity (Wildman–Crippen MR) is 136 cm³/mol. The monoisotopic (exact) mass is 464 g/mol. The van der Waals surface area contributed by atoms with Gasteiger partial charge in [0, 0.05) is 48.4 Å². The number of hydrazone groups is 1. The first-order valence-electron chi connectivity index (χ1n) is 12.1. The second-order valence-corrected chi connectivity index (χ2v) is 9.32. The highest BCUT2D eigenvalue weighted by molar-refractivity contribution is 6.14. The molecular formula is C27H36N4O3. The van der Waals surface area contributed by atoms with Gasteiger partial charge in [0.1, 0.15) is 0 Å². The van der Waals surface area contributed by atoms with Crippen LogP contribution in [0.3, 0.4) is 0 Å². The maximum Gasteiger partial charge on any atom is 0.242 e. The molecule has 1 unspecified atom stereocenters. The van der Waals surface area contributed by atoms with Crippen LogP contribution in [-0.4, -0.2) is 62.1 Å². The number of hydrogen-bond acceptors (Lipinski definition) is 6. The van der Waals surface area contributed by atoms with Gasteiger partial charge in [0.25, 0.3) is 0 Å². The van der Waals surface area contributed by atoms with Crippen LogP contribution in [0.5, 0.6) is 11.5 Å². The number of piperazine rings is 1. The van der Waals surface area contributed by atoms with E-state index < -0.39 is 0 Å². The van der Waals surface area contributed by atoms with Gasteiger partial charge in [-0.05, 0) is 57.0 Å². The van der Waals surface area contributed by atoms with Gasteiger partial charge in [0.15, 0.2) is 11.5 Å². The second kappa shape index (κ2) is 10.1. The zero-order valence-electron chi connectivity index (χ0n) is 21.1. The molecule has 34 heavy (non-hydrogen) atoms. The number of methoxy groups -OCH3 is 2. The molecule has 2 aromatic rings. The number of fused-ring (bicyclic) bond motifs is 1.